The van der Waals surface area contributed by atoms with Crippen LogP contribution in [0.2, 0.25) is 0 Å². The summed E-state index contributed by atoms with van der Waals surface area (Å²) in [5.41, 5.74) is 10.3. The Hall–Kier alpha value is -1.89. The lowest BCUT2D eigenvalue weighted by Crippen LogP contribution is -2.24. The molecular weight excluding hydrogens is 332 g/mol. The summed E-state index contributed by atoms with van der Waals surface area (Å²) < 4.78 is 0. The Morgan fingerprint density at radius 1 is 1.20 bits per heavy atom. The van der Waals surface area contributed by atoms with E-state index in [-0.39, 0.29) is 12.0 Å². The van der Waals surface area contributed by atoms with Crippen LogP contribution in [0, 0.1) is 5.92 Å². The highest BCUT2D eigenvalue weighted by Crippen LogP contribution is 2.32. The zero-order valence-corrected chi connectivity index (χ0v) is 14.8. The van der Waals surface area contributed by atoms with Gasteiger partial charge in [0.2, 0.25) is 0 Å². The topological polar surface area (TPSA) is 75.3 Å². The third-order valence-electron chi connectivity index (χ3n) is 4.91. The van der Waals surface area contributed by atoms with Gasteiger partial charge < -0.3 is 10.8 Å². The summed E-state index contributed by atoms with van der Waals surface area (Å²) >= 11 is 1.72. The van der Waals surface area contributed by atoms with Crippen molar-refractivity contribution in [2.24, 2.45) is 5.92 Å². The highest BCUT2D eigenvalue weighted by atomic mass is 32.2. The van der Waals surface area contributed by atoms with E-state index in [1.54, 1.807) is 18.0 Å². The van der Waals surface area contributed by atoms with E-state index < -0.39 is 0 Å². The van der Waals surface area contributed by atoms with Gasteiger partial charge in [-0.05, 0) is 30.2 Å². The van der Waals surface area contributed by atoms with Crippen LogP contribution in [0.5, 0.6) is 0 Å². The van der Waals surface area contributed by atoms with Crippen molar-refractivity contribution in [3.63, 3.8) is 0 Å². The van der Waals surface area contributed by atoms with Crippen molar-refractivity contribution in [1.29, 1.82) is 0 Å². The van der Waals surface area contributed by atoms with Crippen molar-refractivity contribution in [3.8, 4) is 0 Å². The first-order valence-electron chi connectivity index (χ1n) is 8.57. The number of allylic oxidation sites excluding steroid dienone is 1. The molecule has 0 unspecified atom stereocenters. The highest BCUT2D eigenvalue weighted by molar-refractivity contribution is 7.99. The molecular formula is C19H22N4OS. The van der Waals surface area contributed by atoms with Crippen molar-refractivity contribution in [3.05, 3.63) is 54.0 Å². The van der Waals surface area contributed by atoms with E-state index in [2.05, 4.69) is 20.9 Å². The monoisotopic (exact) mass is 354 g/mol. The van der Waals surface area contributed by atoms with Crippen LogP contribution < -0.4 is 5.73 Å². The number of aliphatic hydroxyl groups is 1. The van der Waals surface area contributed by atoms with Gasteiger partial charge in [-0.1, -0.05) is 12.1 Å². The van der Waals surface area contributed by atoms with Gasteiger partial charge in [0.1, 0.15) is 0 Å². The van der Waals surface area contributed by atoms with Gasteiger partial charge in [-0.15, -0.1) is 11.8 Å². The Morgan fingerprint density at radius 2 is 2.12 bits per heavy atom. The van der Waals surface area contributed by atoms with E-state index in [9.17, 15) is 5.11 Å². The number of hydrogen-bond acceptors (Lipinski definition) is 6. The van der Waals surface area contributed by atoms with Crippen molar-refractivity contribution < 1.29 is 5.11 Å². The lowest BCUT2D eigenvalue weighted by Gasteiger charge is -2.17. The van der Waals surface area contributed by atoms with E-state index in [1.807, 2.05) is 30.5 Å². The average molecular weight is 354 g/mol. The molecule has 0 amide bonds. The molecule has 0 aromatic carbocycles. The highest BCUT2D eigenvalue weighted by Gasteiger charge is 2.32. The predicted octanol–water partition coefficient (Wildman–Crippen LogP) is 2.08. The Kier molecular flexibility index (Phi) is 4.74. The lowest BCUT2D eigenvalue weighted by atomic mass is 10.1. The number of hydrogen-bond donors (Lipinski definition) is 2. The standard InChI is InChI=1S/C19H22N4OS/c20-16-6-8-22-19-13(4-5-15(16)19)9-23-10-14(17(24)11-23)12-25-18-3-1-2-7-21-18/h1-4,6-8,14,17,24H,5,9-12H2,(H2,20,22)/t14-,17-/m1/s1. The van der Waals surface area contributed by atoms with E-state index in [1.165, 1.54) is 5.57 Å². The Bertz CT molecular complexity index is 780. The smallest absolute Gasteiger partial charge is 0.0959 e. The number of likely N-dealkylation sites (tertiary alicyclic amines) is 1. The normalized spacial score (nSPS) is 22.8. The zero-order chi connectivity index (χ0) is 17.2. The van der Waals surface area contributed by atoms with Crippen LogP contribution in [0.4, 0.5) is 5.69 Å². The molecule has 0 saturated carbocycles. The fraction of sp³-hybridized carbons (Fsp3) is 0.368. The van der Waals surface area contributed by atoms with E-state index >= 15 is 0 Å². The molecule has 2 aliphatic rings. The number of aromatic nitrogens is 2. The number of nitrogens with zero attached hydrogens (tertiary/aromatic N) is 3. The van der Waals surface area contributed by atoms with Crippen LogP contribution in [0.1, 0.15) is 11.3 Å². The number of aliphatic hydroxyl groups excluding tert-OH is 1. The van der Waals surface area contributed by atoms with Crippen LogP contribution in [0.15, 0.2) is 47.8 Å². The Balaban J connectivity index is 1.36. The van der Waals surface area contributed by atoms with Crippen molar-refractivity contribution in [2.75, 3.05) is 31.1 Å². The number of anilines is 1. The minimum atomic E-state index is -0.286. The maximum Gasteiger partial charge on any atom is 0.0959 e. The van der Waals surface area contributed by atoms with Crippen LogP contribution in [0.3, 0.4) is 0 Å². The summed E-state index contributed by atoms with van der Waals surface area (Å²) in [4.78, 5) is 11.2. The van der Waals surface area contributed by atoms with Crippen LogP contribution in [0.25, 0.3) is 5.57 Å². The maximum absolute atomic E-state index is 10.4. The molecule has 3 N–H and O–H groups in total. The molecule has 1 aliphatic heterocycles. The fourth-order valence-corrected chi connectivity index (χ4v) is 4.58. The first-order chi connectivity index (χ1) is 12.2. The van der Waals surface area contributed by atoms with Gasteiger partial charge in [-0.2, -0.15) is 0 Å². The minimum absolute atomic E-state index is 0.266. The number of nitrogen functional groups attached to an aromatic ring is 1. The molecule has 5 nitrogen and oxygen atoms in total. The minimum Gasteiger partial charge on any atom is -0.398 e. The summed E-state index contributed by atoms with van der Waals surface area (Å²) in [5, 5.41) is 11.4. The molecule has 1 fully saturated rings. The second kappa shape index (κ2) is 7.15. The molecule has 6 heteroatoms. The number of pyridine rings is 2. The molecule has 1 saturated heterocycles. The molecule has 1 aliphatic carbocycles. The summed E-state index contributed by atoms with van der Waals surface area (Å²) in [7, 11) is 0. The Labute approximate surface area is 152 Å². The zero-order valence-electron chi connectivity index (χ0n) is 14.0. The molecule has 25 heavy (non-hydrogen) atoms. The van der Waals surface area contributed by atoms with Crippen LogP contribution in [-0.2, 0) is 6.42 Å². The van der Waals surface area contributed by atoms with Gasteiger partial charge in [-0.3, -0.25) is 9.88 Å². The van der Waals surface area contributed by atoms with Gasteiger partial charge in [-0.25, -0.2) is 4.98 Å². The quantitative estimate of drug-likeness (QED) is 0.801. The third-order valence-corrected chi connectivity index (χ3v) is 6.04. The summed E-state index contributed by atoms with van der Waals surface area (Å²) in [6.07, 6.45) is 6.38. The summed E-state index contributed by atoms with van der Waals surface area (Å²) in [6, 6.07) is 7.79. The van der Waals surface area contributed by atoms with Crippen molar-refractivity contribution in [1.82, 2.24) is 14.9 Å². The molecule has 130 valence electrons. The van der Waals surface area contributed by atoms with Gasteiger partial charge in [0.15, 0.2) is 0 Å². The average Bonchev–Trinajstić information content (AvgIpc) is 3.19. The van der Waals surface area contributed by atoms with E-state index in [0.717, 1.165) is 47.2 Å². The van der Waals surface area contributed by atoms with E-state index in [4.69, 9.17) is 5.73 Å². The molecule has 2 atom stereocenters. The number of rotatable bonds is 5. The fourth-order valence-electron chi connectivity index (χ4n) is 3.56. The van der Waals surface area contributed by atoms with Crippen molar-refractivity contribution in [2.45, 2.75) is 17.6 Å². The molecule has 0 spiro atoms. The van der Waals surface area contributed by atoms with Crippen LogP contribution in [-0.4, -0.2) is 51.5 Å². The third kappa shape index (κ3) is 3.56. The number of nitrogens with two attached hydrogens (primary N) is 1. The number of fused-ring (bicyclic) bond motifs is 1. The van der Waals surface area contributed by atoms with Gasteiger partial charge in [0.25, 0.3) is 0 Å². The van der Waals surface area contributed by atoms with Gasteiger partial charge >= 0.3 is 0 Å². The summed E-state index contributed by atoms with van der Waals surface area (Å²) in [6.45, 7) is 2.43. The largest absolute Gasteiger partial charge is 0.398 e. The lowest BCUT2D eigenvalue weighted by molar-refractivity contribution is 0.151. The molecule has 0 radical (unpaired) electrons. The predicted molar refractivity (Wildman–Crippen MR) is 101 cm³/mol. The van der Waals surface area contributed by atoms with Gasteiger partial charge in [0, 0.05) is 54.9 Å². The summed E-state index contributed by atoms with van der Waals surface area (Å²) in [5.74, 6) is 1.15. The molecule has 3 heterocycles. The second-order valence-corrected chi connectivity index (χ2v) is 7.70. The second-order valence-electron chi connectivity index (χ2n) is 6.66. The number of β-amino-alcohol motifs (C(OH)–C–C–N with tert-alkyl or cyclic N) is 1. The molecule has 2 aromatic heterocycles. The van der Waals surface area contributed by atoms with E-state index in [0.29, 0.717) is 6.54 Å². The first kappa shape index (κ1) is 16.6. The molecule has 0 bridgehead atoms. The van der Waals surface area contributed by atoms with Crippen LogP contribution >= 0.6 is 11.8 Å². The molecule has 4 rings (SSSR count). The van der Waals surface area contributed by atoms with Crippen molar-refractivity contribution >= 4 is 23.0 Å². The van der Waals surface area contributed by atoms with Gasteiger partial charge in [0.05, 0.1) is 16.8 Å². The SMILES string of the molecule is Nc1ccnc2c1CC=C2CN1C[C@H](CSc2ccccn2)[C@H](O)C1. The maximum atomic E-state index is 10.4. The molecule has 2 aromatic rings. The number of thioether (sulfide) groups is 1. The Morgan fingerprint density at radius 3 is 2.96 bits per heavy atom. The first-order valence-corrected chi connectivity index (χ1v) is 9.56.